The summed E-state index contributed by atoms with van der Waals surface area (Å²) >= 11 is 5.97. The Morgan fingerprint density at radius 1 is 1.41 bits per heavy atom. The van der Waals surface area contributed by atoms with Crippen LogP contribution >= 0.6 is 11.6 Å². The van der Waals surface area contributed by atoms with E-state index in [1.165, 1.54) is 0 Å². The summed E-state index contributed by atoms with van der Waals surface area (Å²) in [5.74, 6) is 0. The van der Waals surface area contributed by atoms with Gasteiger partial charge in [-0.05, 0) is 42.7 Å². The van der Waals surface area contributed by atoms with Gasteiger partial charge in [-0.15, -0.1) is 0 Å². The number of fused-ring (bicyclic) bond motifs is 1. The molecule has 0 saturated carbocycles. The monoisotopic (exact) mass is 250 g/mol. The van der Waals surface area contributed by atoms with Gasteiger partial charge in [0.05, 0.1) is 12.1 Å². The summed E-state index contributed by atoms with van der Waals surface area (Å²) in [4.78, 5) is 4.30. The summed E-state index contributed by atoms with van der Waals surface area (Å²) in [5.41, 5.74) is 8.65. The van der Waals surface area contributed by atoms with Crippen LogP contribution in [-0.4, -0.2) is 22.7 Å². The number of nitrogens with two attached hydrogens (primary N) is 1. The van der Waals surface area contributed by atoms with Gasteiger partial charge in [0.15, 0.2) is 0 Å². The molecule has 4 heteroatoms. The van der Waals surface area contributed by atoms with E-state index in [1.807, 2.05) is 31.2 Å². The summed E-state index contributed by atoms with van der Waals surface area (Å²) in [7, 11) is 0. The highest BCUT2D eigenvalue weighted by Gasteiger charge is 2.05. The number of benzene rings is 1. The maximum Gasteiger partial charge on any atom is 0.132 e. The zero-order valence-corrected chi connectivity index (χ0v) is 10.4. The van der Waals surface area contributed by atoms with Crippen molar-refractivity contribution in [1.82, 2.24) is 4.98 Å². The summed E-state index contributed by atoms with van der Waals surface area (Å²) in [6, 6.07) is 7.74. The molecule has 0 fully saturated rings. The Hall–Kier alpha value is -1.16. The van der Waals surface area contributed by atoms with Crippen molar-refractivity contribution in [2.24, 2.45) is 5.73 Å². The molecule has 3 N–H and O–H groups in total. The largest absolute Gasteiger partial charge is 0.395 e. The minimum atomic E-state index is -0.214. The van der Waals surface area contributed by atoms with Crippen molar-refractivity contribution in [3.05, 3.63) is 40.5 Å². The Balaban J connectivity index is 2.40. The Kier molecular flexibility index (Phi) is 3.62. The van der Waals surface area contributed by atoms with Crippen LogP contribution in [-0.2, 0) is 6.42 Å². The van der Waals surface area contributed by atoms with Gasteiger partial charge in [-0.2, -0.15) is 0 Å². The van der Waals surface area contributed by atoms with Crippen molar-refractivity contribution in [3.63, 3.8) is 0 Å². The van der Waals surface area contributed by atoms with E-state index >= 15 is 0 Å². The highest BCUT2D eigenvalue weighted by molar-refractivity contribution is 6.30. The molecule has 1 unspecified atom stereocenters. The number of hydrogen-bond acceptors (Lipinski definition) is 3. The molecule has 17 heavy (non-hydrogen) atoms. The van der Waals surface area contributed by atoms with Gasteiger partial charge in [0.25, 0.3) is 0 Å². The number of nitrogens with zero attached hydrogens (tertiary/aromatic N) is 1. The minimum absolute atomic E-state index is 0.00403. The second-order valence-corrected chi connectivity index (χ2v) is 4.63. The Bertz CT molecular complexity index is 542. The van der Waals surface area contributed by atoms with Crippen molar-refractivity contribution in [2.75, 3.05) is 6.61 Å². The lowest BCUT2D eigenvalue weighted by Gasteiger charge is -2.09. The van der Waals surface area contributed by atoms with Crippen molar-refractivity contribution < 1.29 is 5.11 Å². The van der Waals surface area contributed by atoms with Gasteiger partial charge < -0.3 is 10.8 Å². The average molecular weight is 251 g/mol. The molecule has 0 amide bonds. The highest BCUT2D eigenvalue weighted by atomic mass is 35.5. The highest BCUT2D eigenvalue weighted by Crippen LogP contribution is 2.21. The quantitative estimate of drug-likeness (QED) is 0.820. The van der Waals surface area contributed by atoms with Crippen LogP contribution in [0.2, 0.25) is 5.15 Å². The molecule has 0 bridgehead atoms. The second kappa shape index (κ2) is 5.00. The first-order chi connectivity index (χ1) is 8.10. The zero-order valence-electron chi connectivity index (χ0n) is 9.65. The van der Waals surface area contributed by atoms with Gasteiger partial charge >= 0.3 is 0 Å². The number of aryl methyl sites for hydroxylation is 1. The number of hydrogen-bond donors (Lipinski definition) is 2. The van der Waals surface area contributed by atoms with Crippen LogP contribution in [0.3, 0.4) is 0 Å². The van der Waals surface area contributed by atoms with Crippen LogP contribution in [0.1, 0.15) is 11.1 Å². The predicted molar refractivity (Wildman–Crippen MR) is 70.3 cm³/mol. The third-order valence-corrected chi connectivity index (χ3v) is 3.12. The Morgan fingerprint density at radius 3 is 2.88 bits per heavy atom. The molecule has 1 heterocycles. The molecule has 0 spiro atoms. The summed E-state index contributed by atoms with van der Waals surface area (Å²) < 4.78 is 0. The first kappa shape index (κ1) is 12.3. The van der Waals surface area contributed by atoms with E-state index < -0.39 is 0 Å². The molecule has 0 saturated heterocycles. The summed E-state index contributed by atoms with van der Waals surface area (Å²) in [5, 5.41) is 10.5. The van der Waals surface area contributed by atoms with Crippen molar-refractivity contribution >= 4 is 22.5 Å². The van der Waals surface area contributed by atoms with Crippen molar-refractivity contribution in [3.8, 4) is 0 Å². The average Bonchev–Trinajstić information content (AvgIpc) is 2.31. The molecule has 1 aromatic heterocycles. The predicted octanol–water partition coefficient (Wildman–Crippen LogP) is 2.06. The maximum atomic E-state index is 8.94. The van der Waals surface area contributed by atoms with Gasteiger partial charge in [-0.25, -0.2) is 4.98 Å². The number of pyridine rings is 1. The number of rotatable bonds is 3. The molecule has 0 aliphatic carbocycles. The summed E-state index contributed by atoms with van der Waals surface area (Å²) in [6.45, 7) is 1.93. The van der Waals surface area contributed by atoms with Crippen LogP contribution in [0, 0.1) is 6.92 Å². The van der Waals surface area contributed by atoms with E-state index in [0.29, 0.717) is 11.6 Å². The van der Waals surface area contributed by atoms with Crippen molar-refractivity contribution in [1.29, 1.82) is 0 Å². The van der Waals surface area contributed by atoms with E-state index in [1.54, 1.807) is 0 Å². The molecule has 90 valence electrons. The molecule has 1 aromatic carbocycles. The van der Waals surface area contributed by atoms with Gasteiger partial charge in [-0.1, -0.05) is 17.7 Å². The third kappa shape index (κ3) is 2.75. The fourth-order valence-corrected chi connectivity index (χ4v) is 1.95. The molecular formula is C13H15ClN2O. The van der Waals surface area contributed by atoms with Crippen LogP contribution in [0.4, 0.5) is 0 Å². The van der Waals surface area contributed by atoms with Gasteiger partial charge in [-0.3, -0.25) is 0 Å². The number of aliphatic hydroxyl groups is 1. The Morgan fingerprint density at radius 2 is 2.18 bits per heavy atom. The number of halogens is 1. The minimum Gasteiger partial charge on any atom is -0.395 e. The fourth-order valence-electron chi connectivity index (χ4n) is 1.80. The van der Waals surface area contributed by atoms with Crippen LogP contribution in [0.15, 0.2) is 24.3 Å². The molecule has 3 nitrogen and oxygen atoms in total. The van der Waals surface area contributed by atoms with Crippen LogP contribution in [0.25, 0.3) is 10.9 Å². The molecule has 1 atom stereocenters. The van der Waals surface area contributed by atoms with E-state index in [0.717, 1.165) is 22.0 Å². The normalized spacial score (nSPS) is 12.9. The van der Waals surface area contributed by atoms with Gasteiger partial charge in [0, 0.05) is 11.4 Å². The second-order valence-electron chi connectivity index (χ2n) is 4.27. The molecule has 2 rings (SSSR count). The molecular weight excluding hydrogens is 236 g/mol. The zero-order chi connectivity index (χ0) is 12.4. The van der Waals surface area contributed by atoms with E-state index in [2.05, 4.69) is 4.98 Å². The fraction of sp³-hybridized carbons (Fsp3) is 0.308. The number of aliphatic hydroxyl groups excluding tert-OH is 1. The molecule has 0 aliphatic heterocycles. The number of aromatic nitrogens is 1. The van der Waals surface area contributed by atoms with Gasteiger partial charge in [0.1, 0.15) is 5.15 Å². The first-order valence-corrected chi connectivity index (χ1v) is 5.90. The van der Waals surface area contributed by atoms with E-state index in [-0.39, 0.29) is 12.6 Å². The van der Waals surface area contributed by atoms with Crippen molar-refractivity contribution in [2.45, 2.75) is 19.4 Å². The smallest absolute Gasteiger partial charge is 0.132 e. The van der Waals surface area contributed by atoms with E-state index in [4.69, 9.17) is 22.4 Å². The topological polar surface area (TPSA) is 59.1 Å². The molecule has 0 aliphatic rings. The lowest BCUT2D eigenvalue weighted by molar-refractivity contribution is 0.265. The van der Waals surface area contributed by atoms with Crippen LogP contribution < -0.4 is 5.73 Å². The Labute approximate surface area is 105 Å². The maximum absolute atomic E-state index is 8.94. The third-order valence-electron chi connectivity index (χ3n) is 2.74. The lowest BCUT2D eigenvalue weighted by Crippen LogP contribution is -2.26. The SMILES string of the molecule is Cc1cc2cc(CC(N)CO)ccc2nc1Cl. The summed E-state index contributed by atoms with van der Waals surface area (Å²) in [6.07, 6.45) is 0.661. The van der Waals surface area contributed by atoms with Gasteiger partial charge in [0.2, 0.25) is 0 Å². The van der Waals surface area contributed by atoms with E-state index in [9.17, 15) is 0 Å². The first-order valence-electron chi connectivity index (χ1n) is 5.52. The molecule has 2 aromatic rings. The standard InChI is InChI=1S/C13H15ClN2O/c1-8-4-10-5-9(6-11(15)7-17)2-3-12(10)16-13(8)14/h2-5,11,17H,6-7,15H2,1H3. The van der Waals surface area contributed by atoms with Crippen LogP contribution in [0.5, 0.6) is 0 Å². The molecule has 0 radical (unpaired) electrons. The lowest BCUT2D eigenvalue weighted by atomic mass is 10.0.